The second-order valence-corrected chi connectivity index (χ2v) is 10.2. The molecule has 2 aliphatic heterocycles. The Hall–Kier alpha value is -2.01. The van der Waals surface area contributed by atoms with Crippen molar-refractivity contribution in [2.75, 3.05) is 25.6 Å². The number of rotatable bonds is 4. The summed E-state index contributed by atoms with van der Waals surface area (Å²) in [5.41, 5.74) is 0.849. The van der Waals surface area contributed by atoms with Crippen LogP contribution >= 0.6 is 47.1 Å². The molecule has 0 N–H and O–H groups in total. The van der Waals surface area contributed by atoms with Gasteiger partial charge in [-0.25, -0.2) is 0 Å². The first-order valence-electron chi connectivity index (χ1n) is 9.13. The molecule has 1 aromatic carbocycles. The van der Waals surface area contributed by atoms with Gasteiger partial charge in [-0.1, -0.05) is 41.8 Å². The Balaban J connectivity index is 1.96. The minimum Gasteiger partial charge on any atom is -0.497 e. The maximum atomic E-state index is 13.3. The Morgan fingerprint density at radius 1 is 1.27 bits per heavy atom. The maximum absolute atomic E-state index is 13.3. The third-order valence-corrected chi connectivity index (χ3v) is 8.91. The number of methoxy groups -OCH3 is 1. The Morgan fingerprint density at radius 2 is 2.03 bits per heavy atom. The molecule has 0 atom stereocenters. The van der Waals surface area contributed by atoms with Crippen molar-refractivity contribution >= 4 is 72.9 Å². The number of hydrogen-bond donors (Lipinski definition) is 0. The van der Waals surface area contributed by atoms with Crippen molar-refractivity contribution in [3.63, 3.8) is 0 Å². The average Bonchev–Trinajstić information content (AvgIpc) is 3.33. The fraction of sp³-hybridized carbons (Fsp3) is 0.250. The van der Waals surface area contributed by atoms with Crippen molar-refractivity contribution in [2.45, 2.75) is 18.4 Å². The Kier molecular flexibility index (Phi) is 5.84. The molecule has 1 amide bonds. The Morgan fingerprint density at radius 3 is 2.67 bits per heavy atom. The minimum atomic E-state index is -0.149. The van der Waals surface area contributed by atoms with Gasteiger partial charge in [0.2, 0.25) is 0 Å². The van der Waals surface area contributed by atoms with Gasteiger partial charge >= 0.3 is 0 Å². The van der Waals surface area contributed by atoms with Crippen LogP contribution in [0.3, 0.4) is 0 Å². The molecule has 0 saturated carbocycles. The van der Waals surface area contributed by atoms with Gasteiger partial charge in [0.25, 0.3) is 11.5 Å². The molecule has 1 aromatic heterocycles. The number of thiocarbonyl (C=S) groups is 1. The number of anilines is 1. The molecule has 2 aromatic rings. The Labute approximate surface area is 191 Å². The van der Waals surface area contributed by atoms with Gasteiger partial charge in [-0.05, 0) is 19.1 Å². The van der Waals surface area contributed by atoms with Crippen molar-refractivity contribution in [2.24, 2.45) is 0 Å². The van der Waals surface area contributed by atoms with Gasteiger partial charge in [-0.2, -0.15) is 0 Å². The number of amides is 1. The summed E-state index contributed by atoms with van der Waals surface area (Å²) in [5.74, 6) is 0.610. The normalized spacial score (nSPS) is 19.6. The highest BCUT2D eigenvalue weighted by molar-refractivity contribution is 8.30. The smallest absolute Gasteiger partial charge is 0.272 e. The molecule has 30 heavy (non-hydrogen) atoms. The number of fused-ring (bicyclic) bond motifs is 1. The van der Waals surface area contributed by atoms with Crippen LogP contribution in [0.2, 0.25) is 0 Å². The van der Waals surface area contributed by atoms with E-state index in [1.54, 1.807) is 34.4 Å². The molecule has 2 aliphatic rings. The SMILES string of the molecule is C=CCn1c(=O)/c(=C2/Sc3ccc(OC)cc3N2C)s/c1=C1\SC(=S)N(CC)C1=O. The summed E-state index contributed by atoms with van der Waals surface area (Å²) < 4.78 is 8.68. The van der Waals surface area contributed by atoms with E-state index >= 15 is 0 Å². The molecule has 1 saturated heterocycles. The van der Waals surface area contributed by atoms with Crippen LogP contribution in [0.5, 0.6) is 5.75 Å². The molecule has 1 fully saturated rings. The lowest BCUT2D eigenvalue weighted by Gasteiger charge is -2.13. The van der Waals surface area contributed by atoms with Crippen LogP contribution in [0, 0.1) is 0 Å². The number of thiazole rings is 1. The van der Waals surface area contributed by atoms with Crippen LogP contribution in [0.1, 0.15) is 6.92 Å². The molecule has 0 aliphatic carbocycles. The number of carbonyl (C=O) groups excluding carboxylic acids is 1. The highest BCUT2D eigenvalue weighted by Gasteiger charge is 2.33. The molecule has 4 rings (SSSR count). The zero-order chi connectivity index (χ0) is 21.6. The minimum absolute atomic E-state index is 0.134. The zero-order valence-electron chi connectivity index (χ0n) is 16.6. The number of carbonyl (C=O) groups is 1. The first kappa shape index (κ1) is 21.2. The van der Waals surface area contributed by atoms with Gasteiger partial charge < -0.3 is 9.64 Å². The molecular weight excluding hydrogens is 459 g/mol. The Bertz CT molecular complexity index is 1260. The van der Waals surface area contributed by atoms with Gasteiger partial charge in [0, 0.05) is 31.1 Å². The second-order valence-electron chi connectivity index (χ2n) is 6.49. The molecular formula is C20H19N3O3S4. The van der Waals surface area contributed by atoms with E-state index < -0.39 is 0 Å². The highest BCUT2D eigenvalue weighted by atomic mass is 32.2. The van der Waals surface area contributed by atoms with E-state index in [0.29, 0.717) is 31.5 Å². The number of ether oxygens (including phenoxy) is 1. The number of thioether (sulfide) groups is 2. The molecule has 0 unspecified atom stereocenters. The first-order valence-corrected chi connectivity index (χ1v) is 12.0. The van der Waals surface area contributed by atoms with E-state index in [4.69, 9.17) is 17.0 Å². The molecule has 6 nitrogen and oxygen atoms in total. The fourth-order valence-corrected chi connectivity index (χ4v) is 7.24. The summed E-state index contributed by atoms with van der Waals surface area (Å²) in [6.45, 7) is 6.49. The zero-order valence-corrected chi connectivity index (χ0v) is 19.9. The molecule has 10 heteroatoms. The lowest BCUT2D eigenvalue weighted by molar-refractivity contribution is -0.120. The van der Waals surface area contributed by atoms with Crippen molar-refractivity contribution in [3.05, 3.63) is 50.4 Å². The maximum Gasteiger partial charge on any atom is 0.272 e. The standard InChI is InChI=1S/C20H19N3O3S4/c1-5-9-23-17(25)14(29-19(23)15-16(24)22(6-2)20(27)30-15)18-21(3)12-10-11(26-4)7-8-13(12)28-18/h5,7-8,10H,1,6,9H2,2-4H3/b18-14-,19-15-. The number of hydrogen-bond acceptors (Lipinski definition) is 8. The van der Waals surface area contributed by atoms with Crippen LogP contribution < -0.4 is 24.4 Å². The summed E-state index contributed by atoms with van der Waals surface area (Å²) >= 11 is 9.48. The van der Waals surface area contributed by atoms with E-state index in [1.165, 1.54) is 23.1 Å². The molecule has 0 spiro atoms. The van der Waals surface area contributed by atoms with Gasteiger partial charge in [-0.3, -0.25) is 19.1 Å². The number of allylic oxidation sites excluding steroid dienone is 1. The van der Waals surface area contributed by atoms with E-state index in [-0.39, 0.29) is 11.5 Å². The topological polar surface area (TPSA) is 54.8 Å². The lowest BCUT2D eigenvalue weighted by atomic mass is 10.3. The van der Waals surface area contributed by atoms with E-state index in [0.717, 1.165) is 21.4 Å². The van der Waals surface area contributed by atoms with Gasteiger partial charge in [0.1, 0.15) is 29.2 Å². The van der Waals surface area contributed by atoms with Crippen molar-refractivity contribution in [3.8, 4) is 5.75 Å². The number of nitrogens with zero attached hydrogens (tertiary/aromatic N) is 3. The quantitative estimate of drug-likeness (QED) is 0.495. The van der Waals surface area contributed by atoms with Crippen LogP contribution in [-0.4, -0.2) is 40.4 Å². The predicted octanol–water partition coefficient (Wildman–Crippen LogP) is 2.40. The fourth-order valence-electron chi connectivity index (χ4n) is 3.26. The summed E-state index contributed by atoms with van der Waals surface area (Å²) in [7, 11) is 3.56. The summed E-state index contributed by atoms with van der Waals surface area (Å²) in [5, 5.41) is 0.836. The van der Waals surface area contributed by atoms with Crippen LogP contribution in [0.25, 0.3) is 9.93 Å². The lowest BCUT2D eigenvalue weighted by Crippen LogP contribution is -2.34. The summed E-state index contributed by atoms with van der Waals surface area (Å²) in [4.78, 5) is 31.3. The highest BCUT2D eigenvalue weighted by Crippen LogP contribution is 2.46. The predicted molar refractivity (Wildman–Crippen MR) is 130 cm³/mol. The van der Waals surface area contributed by atoms with E-state index in [1.807, 2.05) is 37.1 Å². The summed E-state index contributed by atoms with van der Waals surface area (Å²) in [6, 6.07) is 5.85. The van der Waals surface area contributed by atoms with Crippen molar-refractivity contribution in [1.82, 2.24) is 9.47 Å². The molecule has 3 heterocycles. The molecule has 0 radical (unpaired) electrons. The van der Waals surface area contributed by atoms with E-state index in [9.17, 15) is 9.59 Å². The first-order chi connectivity index (χ1) is 14.4. The average molecular weight is 478 g/mol. The van der Waals surface area contributed by atoms with Crippen LogP contribution in [0.4, 0.5) is 5.69 Å². The van der Waals surface area contributed by atoms with Crippen molar-refractivity contribution < 1.29 is 9.53 Å². The van der Waals surface area contributed by atoms with Crippen LogP contribution in [0.15, 0.2) is 40.5 Å². The van der Waals surface area contributed by atoms with E-state index in [2.05, 4.69) is 6.58 Å². The summed E-state index contributed by atoms with van der Waals surface area (Å²) in [6.07, 6.45) is 1.66. The second kappa shape index (κ2) is 8.26. The van der Waals surface area contributed by atoms with Gasteiger partial charge in [-0.15, -0.1) is 17.9 Å². The number of benzene rings is 1. The van der Waals surface area contributed by atoms with Crippen molar-refractivity contribution in [1.29, 1.82) is 0 Å². The third-order valence-electron chi connectivity index (χ3n) is 4.79. The van der Waals surface area contributed by atoms with Crippen LogP contribution in [-0.2, 0) is 11.3 Å². The largest absolute Gasteiger partial charge is 0.497 e. The molecule has 156 valence electrons. The molecule has 0 bridgehead atoms. The monoisotopic (exact) mass is 477 g/mol. The van der Waals surface area contributed by atoms with Gasteiger partial charge in [0.05, 0.1) is 12.8 Å². The third kappa shape index (κ3) is 3.31. The van der Waals surface area contributed by atoms with Gasteiger partial charge in [0.15, 0.2) is 0 Å². The number of aromatic nitrogens is 1.